The van der Waals surface area contributed by atoms with Crippen LogP contribution in [0, 0.1) is 5.82 Å². The van der Waals surface area contributed by atoms with E-state index in [1.54, 1.807) is 49.4 Å². The molecule has 3 aromatic carbocycles. The predicted octanol–water partition coefficient (Wildman–Crippen LogP) is 4.14. The number of fused-ring (bicyclic) bond motifs is 1. The van der Waals surface area contributed by atoms with Gasteiger partial charge >= 0.3 is 0 Å². The average Bonchev–Trinajstić information content (AvgIpc) is 2.68. The van der Waals surface area contributed by atoms with E-state index in [2.05, 4.69) is 0 Å². The summed E-state index contributed by atoms with van der Waals surface area (Å²) < 4.78 is 24.4. The fourth-order valence-corrected chi connectivity index (χ4v) is 2.80. The van der Waals surface area contributed by atoms with E-state index in [0.717, 1.165) is 16.5 Å². The Labute approximate surface area is 151 Å². The number of rotatable bonds is 6. The lowest BCUT2D eigenvalue weighted by Crippen LogP contribution is -2.31. The molecule has 26 heavy (non-hydrogen) atoms. The Balaban J connectivity index is 1.73. The summed E-state index contributed by atoms with van der Waals surface area (Å²) in [5.74, 6) is 0.370. The van der Waals surface area contributed by atoms with E-state index in [-0.39, 0.29) is 18.3 Å². The first-order valence-corrected chi connectivity index (χ1v) is 8.30. The van der Waals surface area contributed by atoms with Crippen LogP contribution in [0.25, 0.3) is 10.8 Å². The fraction of sp³-hybridized carbons (Fsp3) is 0.190. The van der Waals surface area contributed by atoms with E-state index >= 15 is 0 Å². The molecule has 0 unspecified atom stereocenters. The summed E-state index contributed by atoms with van der Waals surface area (Å²) in [5, 5.41) is 1.72. The van der Waals surface area contributed by atoms with Crippen LogP contribution in [-0.4, -0.2) is 38.1 Å². The summed E-state index contributed by atoms with van der Waals surface area (Å²) >= 11 is 0. The van der Waals surface area contributed by atoms with Crippen molar-refractivity contribution in [2.75, 3.05) is 27.3 Å². The van der Waals surface area contributed by atoms with Gasteiger partial charge in [0, 0.05) is 18.0 Å². The lowest BCUT2D eigenvalue weighted by Gasteiger charge is -2.19. The fourth-order valence-electron chi connectivity index (χ4n) is 2.80. The summed E-state index contributed by atoms with van der Waals surface area (Å²) in [5.41, 5.74) is 0.592. The number of likely N-dealkylation sites (N-methyl/N-ethyl adjacent to an activating group) is 1. The molecule has 1 amide bonds. The minimum Gasteiger partial charge on any atom is -0.496 e. The first-order valence-electron chi connectivity index (χ1n) is 8.30. The molecule has 0 aliphatic carbocycles. The van der Waals surface area contributed by atoms with Crippen LogP contribution < -0.4 is 9.47 Å². The van der Waals surface area contributed by atoms with Crippen molar-refractivity contribution >= 4 is 16.7 Å². The normalized spacial score (nSPS) is 10.6. The van der Waals surface area contributed by atoms with Gasteiger partial charge in [-0.2, -0.15) is 0 Å². The topological polar surface area (TPSA) is 38.8 Å². The second-order valence-electron chi connectivity index (χ2n) is 5.87. The van der Waals surface area contributed by atoms with Crippen LogP contribution in [0.3, 0.4) is 0 Å². The number of hydrogen-bond donors (Lipinski definition) is 0. The number of hydrogen-bond acceptors (Lipinski definition) is 3. The van der Waals surface area contributed by atoms with Gasteiger partial charge in [0.2, 0.25) is 0 Å². The standard InChI is InChI=1S/C21H20FNO3/c1-23(13-14-26-20-10-6-5-9-18(20)22)21(24)17-11-12-19(25-2)16-8-4-3-7-15(16)17/h3-12H,13-14H2,1-2H3. The number of methoxy groups -OCH3 is 1. The Bertz CT molecular complexity index is 926. The summed E-state index contributed by atoms with van der Waals surface area (Å²) in [7, 11) is 3.31. The van der Waals surface area contributed by atoms with Crippen molar-refractivity contribution in [3.05, 3.63) is 72.0 Å². The van der Waals surface area contributed by atoms with Crippen LogP contribution in [0.2, 0.25) is 0 Å². The Hall–Kier alpha value is -3.08. The van der Waals surface area contributed by atoms with Gasteiger partial charge in [-0.15, -0.1) is 0 Å². The average molecular weight is 353 g/mol. The number of ether oxygens (including phenoxy) is 2. The van der Waals surface area contributed by atoms with E-state index in [1.807, 2.05) is 24.3 Å². The first-order chi connectivity index (χ1) is 12.6. The van der Waals surface area contributed by atoms with Gasteiger partial charge in [-0.05, 0) is 29.7 Å². The van der Waals surface area contributed by atoms with Gasteiger partial charge in [0.1, 0.15) is 12.4 Å². The molecule has 5 heteroatoms. The van der Waals surface area contributed by atoms with Crippen molar-refractivity contribution in [1.82, 2.24) is 4.90 Å². The Morgan fingerprint density at radius 1 is 0.962 bits per heavy atom. The Morgan fingerprint density at radius 2 is 1.65 bits per heavy atom. The number of halogens is 1. The molecule has 0 N–H and O–H groups in total. The quantitative estimate of drug-likeness (QED) is 0.669. The SMILES string of the molecule is COc1ccc(C(=O)N(C)CCOc2ccccc2F)c2ccccc12. The van der Waals surface area contributed by atoms with Crippen molar-refractivity contribution < 1.29 is 18.7 Å². The number of benzene rings is 3. The summed E-state index contributed by atoms with van der Waals surface area (Å²) in [4.78, 5) is 14.4. The molecule has 0 atom stereocenters. The van der Waals surface area contributed by atoms with E-state index in [4.69, 9.17) is 9.47 Å². The van der Waals surface area contributed by atoms with Crippen molar-refractivity contribution in [2.45, 2.75) is 0 Å². The van der Waals surface area contributed by atoms with Crippen LogP contribution >= 0.6 is 0 Å². The van der Waals surface area contributed by atoms with Gasteiger partial charge in [0.25, 0.3) is 5.91 Å². The summed E-state index contributed by atoms with van der Waals surface area (Å²) in [6, 6.07) is 17.4. The van der Waals surface area contributed by atoms with Crippen molar-refractivity contribution in [3.63, 3.8) is 0 Å². The highest BCUT2D eigenvalue weighted by molar-refractivity contribution is 6.08. The number of carbonyl (C=O) groups is 1. The van der Waals surface area contributed by atoms with Gasteiger partial charge in [-0.1, -0.05) is 36.4 Å². The molecule has 0 bridgehead atoms. The zero-order valence-corrected chi connectivity index (χ0v) is 14.7. The molecule has 0 aliphatic heterocycles. The molecule has 0 spiro atoms. The summed E-state index contributed by atoms with van der Waals surface area (Å²) in [6.45, 7) is 0.546. The van der Waals surface area contributed by atoms with Gasteiger partial charge < -0.3 is 14.4 Å². The van der Waals surface area contributed by atoms with E-state index < -0.39 is 5.82 Å². The van der Waals surface area contributed by atoms with Crippen LogP contribution in [0.15, 0.2) is 60.7 Å². The van der Waals surface area contributed by atoms with Crippen molar-refractivity contribution in [1.29, 1.82) is 0 Å². The highest BCUT2D eigenvalue weighted by Gasteiger charge is 2.16. The van der Waals surface area contributed by atoms with Crippen LogP contribution in [0.4, 0.5) is 4.39 Å². The van der Waals surface area contributed by atoms with Gasteiger partial charge in [-0.3, -0.25) is 4.79 Å². The number of para-hydroxylation sites is 1. The number of carbonyl (C=O) groups excluding carboxylic acids is 1. The van der Waals surface area contributed by atoms with Crippen molar-refractivity contribution in [3.8, 4) is 11.5 Å². The highest BCUT2D eigenvalue weighted by atomic mass is 19.1. The number of nitrogens with zero attached hydrogens (tertiary/aromatic N) is 1. The van der Waals surface area contributed by atoms with Crippen LogP contribution in [0.1, 0.15) is 10.4 Å². The van der Waals surface area contributed by atoms with Crippen molar-refractivity contribution in [2.24, 2.45) is 0 Å². The zero-order valence-electron chi connectivity index (χ0n) is 14.7. The van der Waals surface area contributed by atoms with Gasteiger partial charge in [0.05, 0.1) is 13.7 Å². The third-order valence-electron chi connectivity index (χ3n) is 4.20. The lowest BCUT2D eigenvalue weighted by atomic mass is 10.0. The van der Waals surface area contributed by atoms with E-state index in [1.165, 1.54) is 6.07 Å². The predicted molar refractivity (Wildman–Crippen MR) is 99.4 cm³/mol. The Kier molecular flexibility index (Phi) is 5.37. The molecule has 0 saturated carbocycles. The number of amides is 1. The maximum Gasteiger partial charge on any atom is 0.254 e. The van der Waals surface area contributed by atoms with Crippen LogP contribution in [0.5, 0.6) is 11.5 Å². The molecule has 3 aromatic rings. The van der Waals surface area contributed by atoms with Crippen LogP contribution in [-0.2, 0) is 0 Å². The molecular formula is C21H20FNO3. The van der Waals surface area contributed by atoms with E-state index in [9.17, 15) is 9.18 Å². The molecule has 0 aromatic heterocycles. The molecule has 4 nitrogen and oxygen atoms in total. The van der Waals surface area contributed by atoms with E-state index in [0.29, 0.717) is 12.1 Å². The molecule has 0 heterocycles. The third-order valence-corrected chi connectivity index (χ3v) is 4.20. The smallest absolute Gasteiger partial charge is 0.254 e. The summed E-state index contributed by atoms with van der Waals surface area (Å²) in [6.07, 6.45) is 0. The highest BCUT2D eigenvalue weighted by Crippen LogP contribution is 2.28. The zero-order chi connectivity index (χ0) is 18.5. The monoisotopic (exact) mass is 353 g/mol. The molecule has 0 fully saturated rings. The molecule has 0 radical (unpaired) electrons. The lowest BCUT2D eigenvalue weighted by molar-refractivity contribution is 0.0775. The Morgan fingerprint density at radius 3 is 2.38 bits per heavy atom. The second-order valence-corrected chi connectivity index (χ2v) is 5.87. The molecular weight excluding hydrogens is 333 g/mol. The minimum atomic E-state index is -0.414. The third kappa shape index (κ3) is 3.61. The molecule has 0 aliphatic rings. The molecule has 134 valence electrons. The minimum absolute atomic E-state index is 0.124. The maximum absolute atomic E-state index is 13.6. The molecule has 0 saturated heterocycles. The van der Waals surface area contributed by atoms with Gasteiger partial charge in [0.15, 0.2) is 11.6 Å². The maximum atomic E-state index is 13.6. The largest absolute Gasteiger partial charge is 0.496 e. The van der Waals surface area contributed by atoms with Gasteiger partial charge in [-0.25, -0.2) is 4.39 Å². The second kappa shape index (κ2) is 7.87. The first kappa shape index (κ1) is 17.7. The molecule has 3 rings (SSSR count).